The molecular weight excluding hydrogens is 757 g/mol. The fraction of sp³-hybridized carbons (Fsp3) is 0.836. The maximum atomic E-state index is 12.7. The molecule has 0 rings (SSSR count). The third-order valence-corrected chi connectivity index (χ3v) is 11.6. The van der Waals surface area contributed by atoms with Crippen LogP contribution < -0.4 is 0 Å². The summed E-state index contributed by atoms with van der Waals surface area (Å²) in [4.78, 5) is 37.7. The van der Waals surface area contributed by atoms with Crippen molar-refractivity contribution in [3.05, 3.63) is 36.5 Å². The molecule has 0 aromatic carbocycles. The molecule has 0 aliphatic heterocycles. The minimum absolute atomic E-state index is 0.0706. The van der Waals surface area contributed by atoms with Gasteiger partial charge < -0.3 is 14.2 Å². The first-order valence-electron chi connectivity index (χ1n) is 26.5. The highest BCUT2D eigenvalue weighted by Gasteiger charge is 2.19. The number of hydrogen-bond acceptors (Lipinski definition) is 6. The van der Waals surface area contributed by atoms with E-state index in [0.29, 0.717) is 19.3 Å². The zero-order valence-corrected chi connectivity index (χ0v) is 40.7. The van der Waals surface area contributed by atoms with Gasteiger partial charge in [-0.15, -0.1) is 0 Å². The third kappa shape index (κ3) is 48.5. The van der Waals surface area contributed by atoms with Gasteiger partial charge in [-0.25, -0.2) is 0 Å². The first-order valence-corrected chi connectivity index (χ1v) is 26.5. The molecule has 0 fully saturated rings. The number of carbonyl (C=O) groups excluding carboxylic acids is 3. The molecule has 0 N–H and O–H groups in total. The van der Waals surface area contributed by atoms with Crippen molar-refractivity contribution >= 4 is 17.9 Å². The summed E-state index contributed by atoms with van der Waals surface area (Å²) in [5.74, 6) is -0.875. The normalized spacial score (nSPS) is 12.2. The average molecular weight is 857 g/mol. The molecule has 0 spiro atoms. The summed E-state index contributed by atoms with van der Waals surface area (Å²) in [6, 6.07) is 0. The molecule has 0 saturated carbocycles. The van der Waals surface area contributed by atoms with Gasteiger partial charge in [0.2, 0.25) is 0 Å². The van der Waals surface area contributed by atoms with E-state index in [1.807, 2.05) is 0 Å². The van der Waals surface area contributed by atoms with Crippen molar-refractivity contribution < 1.29 is 28.6 Å². The lowest BCUT2D eigenvalue weighted by molar-refractivity contribution is -0.167. The van der Waals surface area contributed by atoms with Crippen LogP contribution in [0.1, 0.15) is 278 Å². The Kier molecular flexibility index (Phi) is 48.3. The summed E-state index contributed by atoms with van der Waals surface area (Å²) in [7, 11) is 0. The molecule has 61 heavy (non-hydrogen) atoms. The first kappa shape index (κ1) is 58.6. The summed E-state index contributed by atoms with van der Waals surface area (Å²) >= 11 is 0. The SMILES string of the molecule is CCCCCCC/C=C\C/C=C\C/C=C\CCCCCCCCCCCCC(=O)OCC(COC(=O)CCCCCCCC)OC(=O)CCCCCCCCCCCCCC. The van der Waals surface area contributed by atoms with E-state index < -0.39 is 6.10 Å². The van der Waals surface area contributed by atoms with Gasteiger partial charge in [-0.2, -0.15) is 0 Å². The summed E-state index contributed by atoms with van der Waals surface area (Å²) < 4.78 is 16.7. The smallest absolute Gasteiger partial charge is 0.306 e. The molecule has 0 aliphatic rings. The zero-order chi connectivity index (χ0) is 44.4. The topological polar surface area (TPSA) is 78.9 Å². The third-order valence-electron chi connectivity index (χ3n) is 11.6. The lowest BCUT2D eigenvalue weighted by Gasteiger charge is -2.18. The lowest BCUT2D eigenvalue weighted by Crippen LogP contribution is -2.30. The van der Waals surface area contributed by atoms with Crippen LogP contribution in [0.3, 0.4) is 0 Å². The van der Waals surface area contributed by atoms with E-state index in [9.17, 15) is 14.4 Å². The predicted octanol–water partition coefficient (Wildman–Crippen LogP) is 17.3. The lowest BCUT2D eigenvalue weighted by atomic mass is 10.0. The number of carbonyl (C=O) groups is 3. The van der Waals surface area contributed by atoms with Crippen LogP contribution in [0.2, 0.25) is 0 Å². The van der Waals surface area contributed by atoms with Crippen molar-refractivity contribution in [2.45, 2.75) is 284 Å². The van der Waals surface area contributed by atoms with Gasteiger partial charge in [0.15, 0.2) is 6.10 Å². The van der Waals surface area contributed by atoms with Gasteiger partial charge in [0.05, 0.1) is 0 Å². The second kappa shape index (κ2) is 50.3. The zero-order valence-electron chi connectivity index (χ0n) is 40.7. The Bertz CT molecular complexity index is 1030. The molecule has 0 radical (unpaired) electrons. The molecule has 0 aromatic rings. The average Bonchev–Trinajstić information content (AvgIpc) is 3.26. The van der Waals surface area contributed by atoms with Gasteiger partial charge >= 0.3 is 17.9 Å². The number of rotatable bonds is 48. The maximum absolute atomic E-state index is 12.7. The molecule has 1 atom stereocenters. The van der Waals surface area contributed by atoms with E-state index >= 15 is 0 Å². The Hall–Kier alpha value is -2.37. The van der Waals surface area contributed by atoms with Gasteiger partial charge in [-0.05, 0) is 57.8 Å². The second-order valence-electron chi connectivity index (χ2n) is 17.8. The Morgan fingerprint density at radius 2 is 0.590 bits per heavy atom. The van der Waals surface area contributed by atoms with Crippen molar-refractivity contribution in [3.8, 4) is 0 Å². The van der Waals surface area contributed by atoms with Crippen LogP contribution in [0.15, 0.2) is 36.5 Å². The quantitative estimate of drug-likeness (QED) is 0.0262. The maximum Gasteiger partial charge on any atom is 0.306 e. The molecule has 0 heterocycles. The summed E-state index contributed by atoms with van der Waals surface area (Å²) in [6.07, 6.45) is 58.8. The number of hydrogen-bond donors (Lipinski definition) is 0. The Balaban J connectivity index is 4.09. The van der Waals surface area contributed by atoms with Crippen LogP contribution >= 0.6 is 0 Å². The predicted molar refractivity (Wildman–Crippen MR) is 261 cm³/mol. The highest BCUT2D eigenvalue weighted by Crippen LogP contribution is 2.15. The fourth-order valence-electron chi connectivity index (χ4n) is 7.63. The highest BCUT2D eigenvalue weighted by molar-refractivity contribution is 5.71. The van der Waals surface area contributed by atoms with Gasteiger partial charge in [-0.3, -0.25) is 14.4 Å². The summed E-state index contributed by atoms with van der Waals surface area (Å²) in [6.45, 7) is 6.58. The van der Waals surface area contributed by atoms with Gasteiger partial charge in [0.1, 0.15) is 13.2 Å². The molecule has 0 bridgehead atoms. The van der Waals surface area contributed by atoms with E-state index in [4.69, 9.17) is 14.2 Å². The monoisotopic (exact) mass is 857 g/mol. The van der Waals surface area contributed by atoms with Gasteiger partial charge in [0, 0.05) is 19.3 Å². The molecule has 6 heteroatoms. The number of esters is 3. The molecule has 0 aliphatic carbocycles. The van der Waals surface area contributed by atoms with E-state index in [-0.39, 0.29) is 31.1 Å². The highest BCUT2D eigenvalue weighted by atomic mass is 16.6. The van der Waals surface area contributed by atoms with Crippen molar-refractivity contribution in [3.63, 3.8) is 0 Å². The number of unbranched alkanes of at least 4 members (excludes halogenated alkanes) is 31. The molecule has 0 amide bonds. The minimum atomic E-state index is -0.765. The number of allylic oxidation sites excluding steroid dienone is 6. The van der Waals surface area contributed by atoms with Crippen LogP contribution in [0.4, 0.5) is 0 Å². The molecule has 0 saturated heterocycles. The van der Waals surface area contributed by atoms with Crippen molar-refractivity contribution in [2.24, 2.45) is 0 Å². The summed E-state index contributed by atoms with van der Waals surface area (Å²) in [5.41, 5.74) is 0. The van der Waals surface area contributed by atoms with Gasteiger partial charge in [0.25, 0.3) is 0 Å². The van der Waals surface area contributed by atoms with Crippen molar-refractivity contribution in [2.75, 3.05) is 13.2 Å². The van der Waals surface area contributed by atoms with E-state index in [0.717, 1.165) is 70.6 Å². The Morgan fingerprint density at radius 1 is 0.328 bits per heavy atom. The Labute approximate surface area is 378 Å². The molecule has 0 aromatic heterocycles. The molecule has 1 unspecified atom stereocenters. The fourth-order valence-corrected chi connectivity index (χ4v) is 7.63. The van der Waals surface area contributed by atoms with E-state index in [1.54, 1.807) is 0 Å². The molecular formula is C55H100O6. The van der Waals surface area contributed by atoms with E-state index in [2.05, 4.69) is 57.2 Å². The largest absolute Gasteiger partial charge is 0.462 e. The summed E-state index contributed by atoms with van der Waals surface area (Å²) in [5, 5.41) is 0. The van der Waals surface area contributed by atoms with Crippen LogP contribution in [-0.4, -0.2) is 37.2 Å². The van der Waals surface area contributed by atoms with E-state index in [1.165, 1.54) is 167 Å². The standard InChI is InChI=1S/C55H100O6/c1-4-7-10-13-16-18-20-22-23-24-25-26-27-28-29-30-31-32-33-34-36-37-39-42-45-48-54(57)60-51-52(50-59-53(56)47-44-41-15-12-9-6-3)61-55(58)49-46-43-40-38-35-21-19-17-14-11-8-5-2/h20,22,24-25,27-28,52H,4-19,21,23,26,29-51H2,1-3H3/b22-20-,25-24-,28-27-. The van der Waals surface area contributed by atoms with Crippen LogP contribution in [0.5, 0.6) is 0 Å². The molecule has 356 valence electrons. The molecule has 6 nitrogen and oxygen atoms in total. The van der Waals surface area contributed by atoms with Crippen molar-refractivity contribution in [1.29, 1.82) is 0 Å². The Morgan fingerprint density at radius 3 is 0.918 bits per heavy atom. The minimum Gasteiger partial charge on any atom is -0.462 e. The van der Waals surface area contributed by atoms with Crippen LogP contribution in [0, 0.1) is 0 Å². The first-order chi connectivity index (χ1) is 30.0. The second-order valence-corrected chi connectivity index (χ2v) is 17.8. The van der Waals surface area contributed by atoms with Gasteiger partial charge in [-0.1, -0.05) is 237 Å². The van der Waals surface area contributed by atoms with Crippen LogP contribution in [0.25, 0.3) is 0 Å². The van der Waals surface area contributed by atoms with Crippen LogP contribution in [-0.2, 0) is 28.6 Å². The number of ether oxygens (including phenoxy) is 3. The van der Waals surface area contributed by atoms with Crippen molar-refractivity contribution in [1.82, 2.24) is 0 Å².